The molecular formula is C13H13NO2S. The Hall–Kier alpha value is -1.68. The van der Waals surface area contributed by atoms with E-state index in [1.165, 1.54) is 17.2 Å². The van der Waals surface area contributed by atoms with Gasteiger partial charge in [0.05, 0.1) is 0 Å². The van der Waals surface area contributed by atoms with E-state index in [0.29, 0.717) is 0 Å². The SMILES string of the molecule is Cc1ccc(CSc2c[nH]c(=O)c(O)c2)cc1. The third-order valence-electron chi connectivity index (χ3n) is 2.38. The molecule has 2 N–H and O–H groups in total. The molecular weight excluding hydrogens is 234 g/mol. The summed E-state index contributed by atoms with van der Waals surface area (Å²) in [5, 5.41) is 9.28. The van der Waals surface area contributed by atoms with Crippen LogP contribution in [0.25, 0.3) is 0 Å². The van der Waals surface area contributed by atoms with Crippen LogP contribution in [0.3, 0.4) is 0 Å². The number of thioether (sulfide) groups is 1. The monoisotopic (exact) mass is 247 g/mol. The minimum Gasteiger partial charge on any atom is -0.503 e. The number of aromatic hydroxyl groups is 1. The molecule has 3 nitrogen and oxygen atoms in total. The zero-order valence-corrected chi connectivity index (χ0v) is 10.3. The normalized spacial score (nSPS) is 10.4. The van der Waals surface area contributed by atoms with Crippen molar-refractivity contribution in [1.82, 2.24) is 4.98 Å². The molecule has 0 spiro atoms. The molecule has 0 aliphatic carbocycles. The second-order valence-corrected chi connectivity index (χ2v) is 4.87. The van der Waals surface area contributed by atoms with E-state index < -0.39 is 5.56 Å². The van der Waals surface area contributed by atoms with Crippen LogP contribution in [0.5, 0.6) is 5.75 Å². The quantitative estimate of drug-likeness (QED) is 0.820. The average molecular weight is 247 g/mol. The highest BCUT2D eigenvalue weighted by atomic mass is 32.2. The van der Waals surface area contributed by atoms with Crippen LogP contribution in [-0.4, -0.2) is 10.1 Å². The maximum absolute atomic E-state index is 11.0. The van der Waals surface area contributed by atoms with E-state index in [0.717, 1.165) is 10.6 Å². The number of hydrogen-bond donors (Lipinski definition) is 2. The van der Waals surface area contributed by atoms with E-state index in [1.54, 1.807) is 18.0 Å². The molecule has 0 radical (unpaired) electrons. The molecule has 0 bridgehead atoms. The van der Waals surface area contributed by atoms with Gasteiger partial charge in [0, 0.05) is 22.9 Å². The molecule has 0 unspecified atom stereocenters. The lowest BCUT2D eigenvalue weighted by atomic mass is 10.2. The Labute approximate surface area is 104 Å². The van der Waals surface area contributed by atoms with Crippen LogP contribution in [0.4, 0.5) is 0 Å². The maximum Gasteiger partial charge on any atom is 0.290 e. The molecule has 1 aromatic heterocycles. The van der Waals surface area contributed by atoms with E-state index in [-0.39, 0.29) is 5.75 Å². The highest BCUT2D eigenvalue weighted by molar-refractivity contribution is 7.98. The van der Waals surface area contributed by atoms with Gasteiger partial charge in [-0.1, -0.05) is 29.8 Å². The summed E-state index contributed by atoms with van der Waals surface area (Å²) in [5.41, 5.74) is 2.00. The lowest BCUT2D eigenvalue weighted by Crippen LogP contribution is -2.03. The first-order chi connectivity index (χ1) is 8.15. The van der Waals surface area contributed by atoms with Crippen LogP contribution in [0.2, 0.25) is 0 Å². The fraction of sp³-hybridized carbons (Fsp3) is 0.154. The Morgan fingerprint density at radius 1 is 1.29 bits per heavy atom. The van der Waals surface area contributed by atoms with E-state index in [9.17, 15) is 9.90 Å². The molecule has 0 aliphatic heterocycles. The Kier molecular flexibility index (Phi) is 3.54. The highest BCUT2D eigenvalue weighted by Crippen LogP contribution is 2.23. The molecule has 1 heterocycles. The summed E-state index contributed by atoms with van der Waals surface area (Å²) in [6.45, 7) is 2.05. The van der Waals surface area contributed by atoms with Crippen LogP contribution in [-0.2, 0) is 5.75 Å². The van der Waals surface area contributed by atoms with Gasteiger partial charge < -0.3 is 10.1 Å². The van der Waals surface area contributed by atoms with E-state index in [4.69, 9.17) is 0 Å². The Balaban J connectivity index is 2.04. The molecule has 0 aliphatic rings. The molecule has 17 heavy (non-hydrogen) atoms. The maximum atomic E-state index is 11.0. The van der Waals surface area contributed by atoms with Crippen molar-refractivity contribution < 1.29 is 5.11 Å². The third-order valence-corrected chi connectivity index (χ3v) is 3.43. The molecule has 88 valence electrons. The highest BCUT2D eigenvalue weighted by Gasteiger charge is 2.00. The summed E-state index contributed by atoms with van der Waals surface area (Å²) >= 11 is 1.57. The molecule has 0 fully saturated rings. The Morgan fingerprint density at radius 2 is 2.00 bits per heavy atom. The molecule has 0 amide bonds. The summed E-state index contributed by atoms with van der Waals surface area (Å²) in [7, 11) is 0. The standard InChI is InChI=1S/C13H13NO2S/c1-9-2-4-10(5-3-9)8-17-11-6-12(15)13(16)14-7-11/h2-7,15H,8H2,1H3,(H,14,16). The number of pyridine rings is 1. The third kappa shape index (κ3) is 3.14. The lowest BCUT2D eigenvalue weighted by Gasteiger charge is -2.02. The number of rotatable bonds is 3. The number of aryl methyl sites for hydroxylation is 1. The minimum atomic E-state index is -0.454. The number of hydrogen-bond acceptors (Lipinski definition) is 3. The minimum absolute atomic E-state index is 0.237. The van der Waals surface area contributed by atoms with Crippen molar-refractivity contribution in [3.05, 3.63) is 58.0 Å². The lowest BCUT2D eigenvalue weighted by molar-refractivity contribution is 0.464. The van der Waals surface area contributed by atoms with Gasteiger partial charge in [-0.05, 0) is 12.5 Å². The summed E-state index contributed by atoms with van der Waals surface area (Å²) in [6, 6.07) is 9.78. The van der Waals surface area contributed by atoms with Gasteiger partial charge in [0.25, 0.3) is 5.56 Å². The summed E-state index contributed by atoms with van der Waals surface area (Å²) in [4.78, 5) is 14.3. The van der Waals surface area contributed by atoms with Gasteiger partial charge >= 0.3 is 0 Å². The smallest absolute Gasteiger partial charge is 0.290 e. The van der Waals surface area contributed by atoms with Crippen molar-refractivity contribution in [1.29, 1.82) is 0 Å². The first kappa shape index (κ1) is 11.8. The van der Waals surface area contributed by atoms with Crippen LogP contribution >= 0.6 is 11.8 Å². The fourth-order valence-corrected chi connectivity index (χ4v) is 2.25. The van der Waals surface area contributed by atoms with Gasteiger partial charge in [0.2, 0.25) is 0 Å². The summed E-state index contributed by atoms with van der Waals surface area (Å²) in [5.74, 6) is 0.574. The average Bonchev–Trinajstić information content (AvgIpc) is 2.33. The number of nitrogens with one attached hydrogen (secondary N) is 1. The molecule has 1 aromatic carbocycles. The zero-order chi connectivity index (χ0) is 12.3. The zero-order valence-electron chi connectivity index (χ0n) is 9.43. The van der Waals surface area contributed by atoms with Gasteiger partial charge in [-0.3, -0.25) is 4.79 Å². The predicted octanol–water partition coefficient (Wildman–Crippen LogP) is 2.68. The first-order valence-corrected chi connectivity index (χ1v) is 6.24. The van der Waals surface area contributed by atoms with E-state index in [1.807, 2.05) is 0 Å². The summed E-state index contributed by atoms with van der Waals surface area (Å²) < 4.78 is 0. The molecule has 0 saturated heterocycles. The molecule has 2 rings (SSSR count). The molecule has 0 saturated carbocycles. The molecule has 4 heteroatoms. The summed E-state index contributed by atoms with van der Waals surface area (Å²) in [6.07, 6.45) is 1.61. The van der Waals surface area contributed by atoms with E-state index in [2.05, 4.69) is 36.2 Å². The van der Waals surface area contributed by atoms with Crippen molar-refractivity contribution in [3.63, 3.8) is 0 Å². The van der Waals surface area contributed by atoms with Gasteiger partial charge in [-0.2, -0.15) is 0 Å². The fourth-order valence-electron chi connectivity index (χ4n) is 1.39. The second kappa shape index (κ2) is 5.10. The number of aromatic amines is 1. The second-order valence-electron chi connectivity index (χ2n) is 3.82. The Morgan fingerprint density at radius 3 is 2.65 bits per heavy atom. The number of H-pyrrole nitrogens is 1. The van der Waals surface area contributed by atoms with Crippen molar-refractivity contribution >= 4 is 11.8 Å². The van der Waals surface area contributed by atoms with Crippen molar-refractivity contribution in [2.45, 2.75) is 17.6 Å². The Bertz CT molecular complexity index is 560. The molecule has 2 aromatic rings. The number of aromatic nitrogens is 1. The van der Waals surface area contributed by atoms with Crippen LogP contribution in [0.15, 0.2) is 46.2 Å². The van der Waals surface area contributed by atoms with Gasteiger partial charge in [-0.15, -0.1) is 11.8 Å². The van der Waals surface area contributed by atoms with E-state index >= 15 is 0 Å². The van der Waals surface area contributed by atoms with Gasteiger partial charge in [0.1, 0.15) is 0 Å². The van der Waals surface area contributed by atoms with Crippen LogP contribution in [0, 0.1) is 6.92 Å². The van der Waals surface area contributed by atoms with Crippen molar-refractivity contribution in [2.75, 3.05) is 0 Å². The van der Waals surface area contributed by atoms with Gasteiger partial charge in [0.15, 0.2) is 5.75 Å². The van der Waals surface area contributed by atoms with Crippen molar-refractivity contribution in [3.8, 4) is 5.75 Å². The predicted molar refractivity (Wildman–Crippen MR) is 69.5 cm³/mol. The van der Waals surface area contributed by atoms with Gasteiger partial charge in [-0.25, -0.2) is 0 Å². The largest absolute Gasteiger partial charge is 0.503 e. The first-order valence-electron chi connectivity index (χ1n) is 5.25. The molecule has 0 atom stereocenters. The topological polar surface area (TPSA) is 53.1 Å². The van der Waals surface area contributed by atoms with Crippen LogP contribution in [0.1, 0.15) is 11.1 Å². The van der Waals surface area contributed by atoms with Crippen molar-refractivity contribution in [2.24, 2.45) is 0 Å². The number of benzene rings is 1. The van der Waals surface area contributed by atoms with Crippen LogP contribution < -0.4 is 5.56 Å².